The monoisotopic (exact) mass is 233 g/mol. The average molecular weight is 235 g/mol. The zero-order valence-corrected chi connectivity index (χ0v) is 8.54. The summed E-state index contributed by atoms with van der Waals surface area (Å²) in [5.41, 5.74) is 2.28. The molecule has 3 heteroatoms. The standard InChI is InChI=1S/C8H9BrClN/c1-6-2-3-7(9)4-8(6)11-5-10/h2-4,11H,5H2,1H3. The zero-order valence-electron chi connectivity index (χ0n) is 6.20. The summed E-state index contributed by atoms with van der Waals surface area (Å²) in [5, 5.41) is 3.05. The molecule has 0 fully saturated rings. The van der Waals surface area contributed by atoms with Crippen molar-refractivity contribution in [2.75, 3.05) is 11.3 Å². The quantitative estimate of drug-likeness (QED) is 0.611. The molecule has 1 aromatic rings. The highest BCUT2D eigenvalue weighted by molar-refractivity contribution is 9.10. The number of hydrogen-bond donors (Lipinski definition) is 1. The van der Waals surface area contributed by atoms with Crippen LogP contribution in [0.2, 0.25) is 0 Å². The van der Waals surface area contributed by atoms with Crippen LogP contribution in [-0.2, 0) is 0 Å². The minimum atomic E-state index is 0.442. The molecule has 0 aromatic heterocycles. The van der Waals surface area contributed by atoms with Crippen LogP contribution in [0.15, 0.2) is 22.7 Å². The van der Waals surface area contributed by atoms with Gasteiger partial charge in [-0.1, -0.05) is 22.0 Å². The summed E-state index contributed by atoms with van der Waals surface area (Å²) in [4.78, 5) is 0. The van der Waals surface area contributed by atoms with Gasteiger partial charge in [-0.15, -0.1) is 11.6 Å². The van der Waals surface area contributed by atoms with Crippen LogP contribution in [-0.4, -0.2) is 6.00 Å². The van der Waals surface area contributed by atoms with Crippen molar-refractivity contribution in [3.05, 3.63) is 28.2 Å². The molecule has 0 aliphatic heterocycles. The fourth-order valence-electron chi connectivity index (χ4n) is 0.857. The third-order valence-corrected chi connectivity index (χ3v) is 2.08. The van der Waals surface area contributed by atoms with Gasteiger partial charge < -0.3 is 5.32 Å². The van der Waals surface area contributed by atoms with E-state index >= 15 is 0 Å². The number of hydrogen-bond acceptors (Lipinski definition) is 1. The zero-order chi connectivity index (χ0) is 8.27. The molecule has 0 saturated carbocycles. The molecular weight excluding hydrogens is 225 g/mol. The highest BCUT2D eigenvalue weighted by Gasteiger charge is 1.95. The van der Waals surface area contributed by atoms with Crippen molar-refractivity contribution in [1.82, 2.24) is 0 Å². The Balaban J connectivity index is 2.93. The fraction of sp³-hybridized carbons (Fsp3) is 0.250. The lowest BCUT2D eigenvalue weighted by Gasteiger charge is -2.05. The third kappa shape index (κ3) is 2.38. The second kappa shape index (κ2) is 3.98. The lowest BCUT2D eigenvalue weighted by Crippen LogP contribution is -1.96. The smallest absolute Gasteiger partial charge is 0.0901 e. The van der Waals surface area contributed by atoms with E-state index < -0.39 is 0 Å². The van der Waals surface area contributed by atoms with E-state index in [1.54, 1.807) is 0 Å². The summed E-state index contributed by atoms with van der Waals surface area (Å²) in [6.45, 7) is 2.04. The maximum atomic E-state index is 5.53. The van der Waals surface area contributed by atoms with Gasteiger partial charge in [0.15, 0.2) is 0 Å². The van der Waals surface area contributed by atoms with Crippen LogP contribution >= 0.6 is 27.5 Å². The van der Waals surface area contributed by atoms with Gasteiger partial charge in [0.1, 0.15) is 0 Å². The van der Waals surface area contributed by atoms with E-state index in [2.05, 4.69) is 21.2 Å². The van der Waals surface area contributed by atoms with Gasteiger partial charge in [0, 0.05) is 10.2 Å². The van der Waals surface area contributed by atoms with Crippen LogP contribution in [0, 0.1) is 6.92 Å². The van der Waals surface area contributed by atoms with Gasteiger partial charge in [0.25, 0.3) is 0 Å². The molecule has 0 saturated heterocycles. The molecule has 0 amide bonds. The number of aryl methyl sites for hydroxylation is 1. The molecule has 60 valence electrons. The molecule has 0 radical (unpaired) electrons. The molecular formula is C8H9BrClN. The van der Waals surface area contributed by atoms with Crippen molar-refractivity contribution in [3.8, 4) is 0 Å². The van der Waals surface area contributed by atoms with Crippen LogP contribution in [0.1, 0.15) is 5.56 Å². The van der Waals surface area contributed by atoms with Crippen molar-refractivity contribution in [2.45, 2.75) is 6.92 Å². The molecule has 1 nitrogen and oxygen atoms in total. The molecule has 0 aliphatic rings. The Labute approximate surface area is 79.9 Å². The van der Waals surface area contributed by atoms with Gasteiger partial charge in [-0.05, 0) is 24.6 Å². The lowest BCUT2D eigenvalue weighted by molar-refractivity contribution is 1.37. The van der Waals surface area contributed by atoms with E-state index in [1.165, 1.54) is 5.56 Å². The number of halogens is 2. The maximum absolute atomic E-state index is 5.53. The average Bonchev–Trinajstić information content (AvgIpc) is 1.98. The topological polar surface area (TPSA) is 12.0 Å². The van der Waals surface area contributed by atoms with Crippen molar-refractivity contribution in [1.29, 1.82) is 0 Å². The molecule has 0 atom stereocenters. The van der Waals surface area contributed by atoms with E-state index in [0.29, 0.717) is 6.00 Å². The van der Waals surface area contributed by atoms with Crippen LogP contribution in [0.25, 0.3) is 0 Å². The van der Waals surface area contributed by atoms with Crippen LogP contribution in [0.4, 0.5) is 5.69 Å². The summed E-state index contributed by atoms with van der Waals surface area (Å²) in [5.74, 6) is 0. The van der Waals surface area contributed by atoms with Gasteiger partial charge in [-0.3, -0.25) is 0 Å². The highest BCUT2D eigenvalue weighted by Crippen LogP contribution is 2.20. The predicted octanol–water partition coefficient (Wildman–Crippen LogP) is 3.37. The lowest BCUT2D eigenvalue weighted by atomic mass is 10.2. The summed E-state index contributed by atoms with van der Waals surface area (Å²) in [7, 11) is 0. The molecule has 0 unspecified atom stereocenters. The summed E-state index contributed by atoms with van der Waals surface area (Å²) in [6.07, 6.45) is 0. The molecule has 1 rings (SSSR count). The van der Waals surface area contributed by atoms with Crippen molar-refractivity contribution in [3.63, 3.8) is 0 Å². The van der Waals surface area contributed by atoms with Gasteiger partial charge in [0.2, 0.25) is 0 Å². The van der Waals surface area contributed by atoms with Gasteiger partial charge in [0.05, 0.1) is 6.00 Å². The number of nitrogens with one attached hydrogen (secondary N) is 1. The Morgan fingerprint density at radius 3 is 2.91 bits per heavy atom. The molecule has 11 heavy (non-hydrogen) atoms. The van der Waals surface area contributed by atoms with E-state index in [-0.39, 0.29) is 0 Å². The van der Waals surface area contributed by atoms with E-state index in [9.17, 15) is 0 Å². The molecule has 1 N–H and O–H groups in total. The summed E-state index contributed by atoms with van der Waals surface area (Å²) < 4.78 is 1.07. The first-order valence-electron chi connectivity index (χ1n) is 3.30. The number of rotatable bonds is 2. The summed E-state index contributed by atoms with van der Waals surface area (Å²) >= 11 is 8.92. The second-order valence-electron chi connectivity index (χ2n) is 2.27. The van der Waals surface area contributed by atoms with Crippen LogP contribution in [0.5, 0.6) is 0 Å². The first kappa shape index (κ1) is 8.88. The minimum absolute atomic E-state index is 0.442. The maximum Gasteiger partial charge on any atom is 0.0901 e. The van der Waals surface area contributed by atoms with E-state index in [0.717, 1.165) is 10.2 Å². The Morgan fingerprint density at radius 2 is 2.27 bits per heavy atom. The largest absolute Gasteiger partial charge is 0.371 e. The molecule has 1 aromatic carbocycles. The fourth-order valence-corrected chi connectivity index (χ4v) is 1.36. The Morgan fingerprint density at radius 1 is 1.55 bits per heavy atom. The SMILES string of the molecule is Cc1ccc(Br)cc1NCCl. The highest BCUT2D eigenvalue weighted by atomic mass is 79.9. The number of benzene rings is 1. The van der Waals surface area contributed by atoms with Gasteiger partial charge in [-0.25, -0.2) is 0 Å². The summed E-state index contributed by atoms with van der Waals surface area (Å²) in [6, 6.07) is 6.50. The Bertz CT molecular complexity index is 250. The predicted molar refractivity (Wildman–Crippen MR) is 53.2 cm³/mol. The van der Waals surface area contributed by atoms with Crippen molar-refractivity contribution >= 4 is 33.2 Å². The van der Waals surface area contributed by atoms with Crippen molar-refractivity contribution in [2.24, 2.45) is 0 Å². The minimum Gasteiger partial charge on any atom is -0.371 e. The van der Waals surface area contributed by atoms with Gasteiger partial charge in [-0.2, -0.15) is 0 Å². The van der Waals surface area contributed by atoms with Gasteiger partial charge >= 0.3 is 0 Å². The first-order chi connectivity index (χ1) is 5.24. The number of anilines is 1. The Kier molecular flexibility index (Phi) is 3.21. The second-order valence-corrected chi connectivity index (χ2v) is 3.45. The number of alkyl halides is 1. The molecule has 0 aliphatic carbocycles. The van der Waals surface area contributed by atoms with Crippen LogP contribution in [0.3, 0.4) is 0 Å². The molecule has 0 spiro atoms. The molecule has 0 heterocycles. The Hall–Kier alpha value is -0.210. The van der Waals surface area contributed by atoms with Crippen molar-refractivity contribution < 1.29 is 0 Å². The van der Waals surface area contributed by atoms with E-state index in [4.69, 9.17) is 11.6 Å². The molecule has 0 bridgehead atoms. The third-order valence-electron chi connectivity index (χ3n) is 1.46. The van der Waals surface area contributed by atoms with E-state index in [1.807, 2.05) is 25.1 Å². The normalized spacial score (nSPS) is 9.73. The first-order valence-corrected chi connectivity index (χ1v) is 4.63. The van der Waals surface area contributed by atoms with Crippen LogP contribution < -0.4 is 5.32 Å².